The normalized spacial score (nSPS) is 11.1. The minimum absolute atomic E-state index is 0.00920. The molecule has 8 heteroatoms. The van der Waals surface area contributed by atoms with E-state index in [-0.39, 0.29) is 9.92 Å². The molecule has 0 bridgehead atoms. The van der Waals surface area contributed by atoms with Gasteiger partial charge in [0.05, 0.1) is 27.6 Å². The Kier molecular flexibility index (Phi) is 5.13. The standard InChI is InChI=1S/C17H13Cl2N3O2S/c18-13-5-1-3-7-15(13)21-17-10-9-12(11-20-17)22-25(23,24)16-8-4-2-6-14(16)19/h1-11,22H,(H,20,21). The van der Waals surface area contributed by atoms with Gasteiger partial charge in [-0.1, -0.05) is 47.5 Å². The minimum atomic E-state index is -3.79. The average Bonchev–Trinajstić information content (AvgIpc) is 2.58. The van der Waals surface area contributed by atoms with Crippen LogP contribution >= 0.6 is 23.2 Å². The van der Waals surface area contributed by atoms with E-state index < -0.39 is 10.0 Å². The van der Waals surface area contributed by atoms with Gasteiger partial charge in [-0.05, 0) is 36.4 Å². The van der Waals surface area contributed by atoms with E-state index in [2.05, 4.69) is 15.0 Å². The van der Waals surface area contributed by atoms with Crippen LogP contribution in [0.5, 0.6) is 0 Å². The van der Waals surface area contributed by atoms with Crippen LogP contribution in [0.3, 0.4) is 0 Å². The van der Waals surface area contributed by atoms with Crippen molar-refractivity contribution in [2.45, 2.75) is 4.90 Å². The first-order valence-corrected chi connectivity index (χ1v) is 9.44. The van der Waals surface area contributed by atoms with E-state index in [9.17, 15) is 8.42 Å². The van der Waals surface area contributed by atoms with Gasteiger partial charge in [0.15, 0.2) is 0 Å². The number of rotatable bonds is 5. The lowest BCUT2D eigenvalue weighted by Crippen LogP contribution is -2.13. The maximum absolute atomic E-state index is 12.4. The van der Waals surface area contributed by atoms with Gasteiger partial charge < -0.3 is 5.32 Å². The van der Waals surface area contributed by atoms with Gasteiger partial charge in [-0.3, -0.25) is 4.72 Å². The summed E-state index contributed by atoms with van der Waals surface area (Å²) < 4.78 is 27.2. The third-order valence-electron chi connectivity index (χ3n) is 3.28. The number of hydrogen-bond donors (Lipinski definition) is 2. The van der Waals surface area contributed by atoms with Gasteiger partial charge in [0.1, 0.15) is 10.7 Å². The molecule has 2 N–H and O–H groups in total. The number of para-hydroxylation sites is 1. The van der Waals surface area contributed by atoms with Crippen molar-refractivity contribution in [2.24, 2.45) is 0 Å². The first-order valence-electron chi connectivity index (χ1n) is 7.21. The molecule has 0 aliphatic heterocycles. The molecule has 0 spiro atoms. The Balaban J connectivity index is 1.77. The Labute approximate surface area is 155 Å². The fraction of sp³-hybridized carbons (Fsp3) is 0. The van der Waals surface area contributed by atoms with Crippen LogP contribution in [0.2, 0.25) is 10.0 Å². The number of nitrogens with zero attached hydrogens (tertiary/aromatic N) is 1. The van der Waals surface area contributed by atoms with Crippen molar-refractivity contribution in [2.75, 3.05) is 10.0 Å². The van der Waals surface area contributed by atoms with Gasteiger partial charge in [0.2, 0.25) is 0 Å². The van der Waals surface area contributed by atoms with Crippen LogP contribution in [-0.4, -0.2) is 13.4 Å². The summed E-state index contributed by atoms with van der Waals surface area (Å²) in [5.74, 6) is 0.536. The number of benzene rings is 2. The van der Waals surface area contributed by atoms with Crippen LogP contribution in [0.15, 0.2) is 71.8 Å². The fourth-order valence-electron chi connectivity index (χ4n) is 2.10. The molecule has 0 saturated heterocycles. The van der Waals surface area contributed by atoms with Crippen LogP contribution in [0, 0.1) is 0 Å². The van der Waals surface area contributed by atoms with E-state index in [1.54, 1.807) is 30.3 Å². The highest BCUT2D eigenvalue weighted by molar-refractivity contribution is 7.92. The first-order chi connectivity index (χ1) is 12.0. The van der Waals surface area contributed by atoms with Gasteiger partial charge >= 0.3 is 0 Å². The van der Waals surface area contributed by atoms with Gasteiger partial charge in [-0.15, -0.1) is 0 Å². The molecule has 2 aromatic carbocycles. The van der Waals surface area contributed by atoms with Gasteiger partial charge in [0, 0.05) is 0 Å². The zero-order chi connectivity index (χ0) is 17.9. The van der Waals surface area contributed by atoms with Crippen molar-refractivity contribution < 1.29 is 8.42 Å². The third kappa shape index (κ3) is 4.22. The lowest BCUT2D eigenvalue weighted by atomic mass is 10.3. The summed E-state index contributed by atoms with van der Waals surface area (Å²) in [7, 11) is -3.79. The number of aromatic nitrogens is 1. The molecular formula is C17H13Cl2N3O2S. The van der Waals surface area contributed by atoms with Crippen molar-refractivity contribution in [3.63, 3.8) is 0 Å². The van der Waals surface area contributed by atoms with Crippen LogP contribution < -0.4 is 10.0 Å². The zero-order valence-corrected chi connectivity index (χ0v) is 15.1. The van der Waals surface area contributed by atoms with Crippen LogP contribution in [0.4, 0.5) is 17.2 Å². The van der Waals surface area contributed by atoms with Crippen molar-refractivity contribution in [1.29, 1.82) is 0 Å². The highest BCUT2D eigenvalue weighted by Gasteiger charge is 2.17. The Bertz CT molecular complexity index is 993. The maximum Gasteiger partial charge on any atom is 0.263 e. The largest absolute Gasteiger partial charge is 0.339 e. The highest BCUT2D eigenvalue weighted by atomic mass is 35.5. The Morgan fingerprint density at radius 2 is 1.52 bits per heavy atom. The second-order valence-electron chi connectivity index (χ2n) is 5.07. The maximum atomic E-state index is 12.4. The van der Waals surface area contributed by atoms with E-state index in [4.69, 9.17) is 23.2 Å². The molecule has 128 valence electrons. The van der Waals surface area contributed by atoms with E-state index in [0.29, 0.717) is 22.2 Å². The molecule has 3 rings (SSSR count). The monoisotopic (exact) mass is 393 g/mol. The molecule has 0 aliphatic carbocycles. The van der Waals surface area contributed by atoms with Gasteiger partial charge in [-0.2, -0.15) is 0 Å². The molecule has 0 atom stereocenters. The number of halogens is 2. The van der Waals surface area contributed by atoms with Crippen molar-refractivity contribution in [3.8, 4) is 0 Å². The Morgan fingerprint density at radius 3 is 2.16 bits per heavy atom. The van der Waals surface area contributed by atoms with Gasteiger partial charge in [0.25, 0.3) is 10.0 Å². The molecule has 1 heterocycles. The first kappa shape index (κ1) is 17.5. The zero-order valence-electron chi connectivity index (χ0n) is 12.8. The second kappa shape index (κ2) is 7.31. The minimum Gasteiger partial charge on any atom is -0.339 e. The predicted molar refractivity (Wildman–Crippen MR) is 101 cm³/mol. The lowest BCUT2D eigenvalue weighted by molar-refractivity contribution is 0.601. The van der Waals surface area contributed by atoms with Gasteiger partial charge in [-0.25, -0.2) is 13.4 Å². The van der Waals surface area contributed by atoms with Crippen molar-refractivity contribution >= 4 is 50.4 Å². The molecule has 25 heavy (non-hydrogen) atoms. The van der Waals surface area contributed by atoms with E-state index in [1.165, 1.54) is 18.3 Å². The molecule has 0 aliphatic rings. The number of sulfonamides is 1. The predicted octanol–water partition coefficient (Wildman–Crippen LogP) is 4.93. The summed E-state index contributed by atoms with van der Waals surface area (Å²) in [6.07, 6.45) is 1.41. The van der Waals surface area contributed by atoms with E-state index in [1.807, 2.05) is 18.2 Å². The molecule has 5 nitrogen and oxygen atoms in total. The molecule has 0 radical (unpaired) electrons. The Morgan fingerprint density at radius 1 is 0.840 bits per heavy atom. The highest BCUT2D eigenvalue weighted by Crippen LogP contribution is 2.26. The molecule has 1 aromatic heterocycles. The lowest BCUT2D eigenvalue weighted by Gasteiger charge is -2.11. The van der Waals surface area contributed by atoms with Crippen LogP contribution in [-0.2, 0) is 10.0 Å². The molecule has 0 saturated carbocycles. The SMILES string of the molecule is O=S(=O)(Nc1ccc(Nc2ccccc2Cl)nc1)c1ccccc1Cl. The van der Waals surface area contributed by atoms with Crippen LogP contribution in [0.25, 0.3) is 0 Å². The quantitative estimate of drug-likeness (QED) is 0.644. The molecule has 0 amide bonds. The smallest absolute Gasteiger partial charge is 0.263 e. The van der Waals surface area contributed by atoms with Crippen LogP contribution in [0.1, 0.15) is 0 Å². The number of nitrogens with one attached hydrogen (secondary N) is 2. The molecular weight excluding hydrogens is 381 g/mol. The summed E-state index contributed by atoms with van der Waals surface area (Å²) in [6.45, 7) is 0. The number of hydrogen-bond acceptors (Lipinski definition) is 4. The van der Waals surface area contributed by atoms with E-state index >= 15 is 0 Å². The topological polar surface area (TPSA) is 71.1 Å². The molecule has 0 fully saturated rings. The molecule has 3 aromatic rings. The average molecular weight is 394 g/mol. The van der Waals surface area contributed by atoms with Crippen molar-refractivity contribution in [1.82, 2.24) is 4.98 Å². The summed E-state index contributed by atoms with van der Waals surface area (Å²) in [5.41, 5.74) is 1.03. The molecule has 0 unspecified atom stereocenters. The fourth-order valence-corrected chi connectivity index (χ4v) is 3.85. The second-order valence-corrected chi connectivity index (χ2v) is 7.54. The number of anilines is 3. The summed E-state index contributed by atoms with van der Waals surface area (Å²) in [5, 5.41) is 3.78. The summed E-state index contributed by atoms with van der Waals surface area (Å²) in [6, 6.07) is 16.7. The summed E-state index contributed by atoms with van der Waals surface area (Å²) in [4.78, 5) is 4.19. The summed E-state index contributed by atoms with van der Waals surface area (Å²) >= 11 is 12.0. The van der Waals surface area contributed by atoms with Crippen molar-refractivity contribution in [3.05, 3.63) is 76.9 Å². The third-order valence-corrected chi connectivity index (χ3v) is 5.49. The number of pyridine rings is 1. The Hall–Kier alpha value is -2.28. The van der Waals surface area contributed by atoms with E-state index in [0.717, 1.165) is 0 Å².